The fourth-order valence-corrected chi connectivity index (χ4v) is 2.62. The van der Waals surface area contributed by atoms with Gasteiger partial charge in [-0.1, -0.05) is 11.6 Å². The first-order valence-corrected chi connectivity index (χ1v) is 6.67. The third kappa shape index (κ3) is 3.15. The van der Waals surface area contributed by atoms with Crippen LogP contribution in [0.5, 0.6) is 0 Å². The number of aromatic carboxylic acids is 1. The molecule has 7 heteroatoms. The second kappa shape index (κ2) is 5.46. The Hall–Kier alpha value is -1.79. The number of nitrogens with two attached hydrogens (primary N) is 1. The van der Waals surface area contributed by atoms with Gasteiger partial charge in [-0.15, -0.1) is 11.3 Å². The summed E-state index contributed by atoms with van der Waals surface area (Å²) < 4.78 is 0.714. The predicted molar refractivity (Wildman–Crippen MR) is 77.0 cm³/mol. The first-order valence-electron chi connectivity index (χ1n) is 5.48. The monoisotopic (exact) mass is 297 g/mol. The van der Waals surface area contributed by atoms with Gasteiger partial charge in [0.15, 0.2) is 0 Å². The van der Waals surface area contributed by atoms with Crippen molar-refractivity contribution < 1.29 is 9.90 Å². The van der Waals surface area contributed by atoms with Crippen molar-refractivity contribution in [1.29, 1.82) is 0 Å². The second-order valence-corrected chi connectivity index (χ2v) is 5.72. The number of nitrogens with zero attached hydrogens (tertiary/aromatic N) is 1. The number of rotatable bonds is 4. The Balaban J connectivity index is 2.17. The molecule has 0 aromatic carbocycles. The van der Waals surface area contributed by atoms with Crippen LogP contribution >= 0.6 is 22.9 Å². The number of halogens is 1. The van der Waals surface area contributed by atoms with E-state index in [4.69, 9.17) is 22.4 Å². The number of carbonyl (C=O) groups is 1. The Morgan fingerprint density at radius 3 is 2.84 bits per heavy atom. The van der Waals surface area contributed by atoms with Gasteiger partial charge < -0.3 is 16.2 Å². The fraction of sp³-hybridized carbons (Fsp3) is 0.167. The molecule has 1 atom stereocenters. The van der Waals surface area contributed by atoms with Crippen molar-refractivity contribution in [2.24, 2.45) is 0 Å². The van der Waals surface area contributed by atoms with Gasteiger partial charge >= 0.3 is 5.97 Å². The number of hydrogen-bond acceptors (Lipinski definition) is 5. The highest BCUT2D eigenvalue weighted by Crippen LogP contribution is 2.29. The van der Waals surface area contributed by atoms with Crippen LogP contribution in [0.4, 0.5) is 11.5 Å². The maximum Gasteiger partial charge on any atom is 0.337 e. The number of carboxylic acid groups (broad SMARTS) is 1. The minimum Gasteiger partial charge on any atom is -0.478 e. The van der Waals surface area contributed by atoms with Crippen molar-refractivity contribution >= 4 is 40.4 Å². The molecule has 2 heterocycles. The lowest BCUT2D eigenvalue weighted by Gasteiger charge is -2.14. The van der Waals surface area contributed by atoms with Gasteiger partial charge in [0.2, 0.25) is 0 Å². The van der Waals surface area contributed by atoms with E-state index in [1.807, 2.05) is 19.1 Å². The van der Waals surface area contributed by atoms with Crippen LogP contribution in [0, 0.1) is 0 Å². The second-order valence-electron chi connectivity index (χ2n) is 3.97. The lowest BCUT2D eigenvalue weighted by molar-refractivity contribution is 0.0696. The molecule has 19 heavy (non-hydrogen) atoms. The molecule has 1 unspecified atom stereocenters. The number of aromatic nitrogens is 1. The molecule has 0 aliphatic heterocycles. The van der Waals surface area contributed by atoms with Crippen LogP contribution in [0.1, 0.15) is 28.2 Å². The van der Waals surface area contributed by atoms with Crippen LogP contribution in [0.25, 0.3) is 0 Å². The Labute approximate surface area is 119 Å². The largest absolute Gasteiger partial charge is 0.478 e. The highest BCUT2D eigenvalue weighted by Gasteiger charge is 2.12. The summed E-state index contributed by atoms with van der Waals surface area (Å²) in [7, 11) is 0. The molecule has 2 aromatic heterocycles. The number of nitrogen functional groups attached to an aromatic ring is 1. The summed E-state index contributed by atoms with van der Waals surface area (Å²) in [5, 5.41) is 12.0. The van der Waals surface area contributed by atoms with Crippen LogP contribution in [0.2, 0.25) is 4.34 Å². The van der Waals surface area contributed by atoms with E-state index < -0.39 is 5.97 Å². The zero-order valence-corrected chi connectivity index (χ0v) is 11.6. The van der Waals surface area contributed by atoms with Gasteiger partial charge in [-0.25, -0.2) is 9.78 Å². The number of anilines is 2. The third-order valence-corrected chi connectivity index (χ3v) is 3.95. The number of pyridine rings is 1. The lowest BCUT2D eigenvalue weighted by Crippen LogP contribution is -2.10. The molecule has 0 amide bonds. The molecule has 0 aliphatic carbocycles. The first-order chi connectivity index (χ1) is 8.97. The lowest BCUT2D eigenvalue weighted by atomic mass is 10.2. The van der Waals surface area contributed by atoms with Crippen molar-refractivity contribution in [2.45, 2.75) is 13.0 Å². The average Bonchev–Trinajstić information content (AvgIpc) is 2.78. The normalized spacial score (nSPS) is 12.1. The molecule has 5 nitrogen and oxygen atoms in total. The predicted octanol–water partition coefficient (Wildman–Crippen LogP) is 3.25. The van der Waals surface area contributed by atoms with Gasteiger partial charge in [0, 0.05) is 11.1 Å². The molecular formula is C12H12ClN3O2S. The number of carboxylic acids is 1. The van der Waals surface area contributed by atoms with Gasteiger partial charge in [-0.2, -0.15) is 0 Å². The van der Waals surface area contributed by atoms with E-state index in [2.05, 4.69) is 10.3 Å². The van der Waals surface area contributed by atoms with Crippen LogP contribution in [0.3, 0.4) is 0 Å². The van der Waals surface area contributed by atoms with Gasteiger partial charge in [0.1, 0.15) is 5.82 Å². The molecule has 0 spiro atoms. The van der Waals surface area contributed by atoms with E-state index in [1.165, 1.54) is 23.6 Å². The van der Waals surface area contributed by atoms with Crippen LogP contribution in [0.15, 0.2) is 24.4 Å². The number of thiophene rings is 1. The van der Waals surface area contributed by atoms with E-state index in [-0.39, 0.29) is 11.6 Å². The van der Waals surface area contributed by atoms with Gasteiger partial charge in [-0.3, -0.25) is 0 Å². The molecule has 0 bridgehead atoms. The minimum absolute atomic E-state index is 0.0111. The van der Waals surface area contributed by atoms with Gasteiger partial charge in [0.05, 0.1) is 21.6 Å². The molecule has 2 aromatic rings. The van der Waals surface area contributed by atoms with Crippen LogP contribution in [-0.4, -0.2) is 16.1 Å². The highest BCUT2D eigenvalue weighted by molar-refractivity contribution is 7.16. The maximum absolute atomic E-state index is 10.8. The summed E-state index contributed by atoms with van der Waals surface area (Å²) in [5.74, 6) is -0.592. The fourth-order valence-electron chi connectivity index (χ4n) is 1.56. The molecule has 4 N–H and O–H groups in total. The van der Waals surface area contributed by atoms with Crippen molar-refractivity contribution in [1.82, 2.24) is 4.98 Å². The summed E-state index contributed by atoms with van der Waals surface area (Å²) in [6.45, 7) is 1.95. The van der Waals surface area contributed by atoms with E-state index in [9.17, 15) is 4.79 Å². The summed E-state index contributed by atoms with van der Waals surface area (Å²) in [6, 6.07) is 5.12. The number of hydrogen-bond donors (Lipinski definition) is 3. The molecule has 2 rings (SSSR count). The zero-order valence-electron chi connectivity index (χ0n) is 10.1. The first kappa shape index (κ1) is 13.6. The highest BCUT2D eigenvalue weighted by atomic mass is 35.5. The Kier molecular flexibility index (Phi) is 3.92. The number of nitrogens with one attached hydrogen (secondary N) is 1. The quantitative estimate of drug-likeness (QED) is 0.806. The molecular weight excluding hydrogens is 286 g/mol. The molecule has 0 saturated carbocycles. The van der Waals surface area contributed by atoms with Crippen LogP contribution in [-0.2, 0) is 0 Å². The summed E-state index contributed by atoms with van der Waals surface area (Å²) in [4.78, 5) is 15.9. The molecule has 0 fully saturated rings. The Morgan fingerprint density at radius 2 is 2.32 bits per heavy atom. The standard InChI is InChI=1S/C12H12ClN3O2S/c1-6(9-2-3-10(13)19-9)16-11-8(14)4-7(5-15-11)12(17)18/h2-6H,14H2,1H3,(H,15,16)(H,17,18). The van der Waals surface area contributed by atoms with E-state index in [1.54, 1.807) is 0 Å². The third-order valence-electron chi connectivity index (χ3n) is 2.54. The minimum atomic E-state index is -1.05. The van der Waals surface area contributed by atoms with Gasteiger partial charge in [-0.05, 0) is 25.1 Å². The summed E-state index contributed by atoms with van der Waals surface area (Å²) >= 11 is 7.35. The molecule has 0 saturated heterocycles. The van der Waals surface area contributed by atoms with E-state index in [0.717, 1.165) is 4.88 Å². The molecule has 0 radical (unpaired) electrons. The average molecular weight is 298 g/mol. The van der Waals surface area contributed by atoms with Crippen molar-refractivity contribution in [3.63, 3.8) is 0 Å². The molecule has 0 aliphatic rings. The van der Waals surface area contributed by atoms with Gasteiger partial charge in [0.25, 0.3) is 0 Å². The maximum atomic E-state index is 10.8. The topological polar surface area (TPSA) is 88.2 Å². The molecule has 100 valence electrons. The summed E-state index contributed by atoms with van der Waals surface area (Å²) in [5.41, 5.74) is 6.14. The van der Waals surface area contributed by atoms with E-state index >= 15 is 0 Å². The SMILES string of the molecule is CC(Nc1ncc(C(=O)O)cc1N)c1ccc(Cl)s1. The van der Waals surface area contributed by atoms with Crippen molar-refractivity contribution in [3.8, 4) is 0 Å². The smallest absolute Gasteiger partial charge is 0.337 e. The van der Waals surface area contributed by atoms with Crippen molar-refractivity contribution in [2.75, 3.05) is 11.1 Å². The zero-order chi connectivity index (χ0) is 14.0. The van der Waals surface area contributed by atoms with Crippen LogP contribution < -0.4 is 11.1 Å². The Bertz CT molecular complexity index is 615. The van der Waals surface area contributed by atoms with Crippen molar-refractivity contribution in [3.05, 3.63) is 39.2 Å². The summed E-state index contributed by atoms with van der Waals surface area (Å²) in [6.07, 6.45) is 1.27. The van der Waals surface area contributed by atoms with E-state index in [0.29, 0.717) is 15.8 Å². The Morgan fingerprint density at radius 1 is 1.58 bits per heavy atom.